The van der Waals surface area contributed by atoms with Crippen LogP contribution in [0.4, 0.5) is 4.39 Å². The molecule has 106 valence electrons. The first-order valence-electron chi connectivity index (χ1n) is 6.99. The molecule has 0 saturated heterocycles. The van der Waals surface area contributed by atoms with E-state index in [-0.39, 0.29) is 17.9 Å². The zero-order valence-electron chi connectivity index (χ0n) is 12.2. The molecule has 2 nitrogen and oxygen atoms in total. The molecule has 20 heavy (non-hydrogen) atoms. The topological polar surface area (TPSA) is 24.9 Å². The maximum Gasteiger partial charge on any atom is 0.123 e. The van der Waals surface area contributed by atoms with Crippen molar-refractivity contribution in [3.63, 3.8) is 0 Å². The zero-order valence-corrected chi connectivity index (χ0v) is 12.2. The van der Waals surface area contributed by atoms with Crippen molar-refractivity contribution in [1.82, 2.24) is 10.3 Å². The van der Waals surface area contributed by atoms with Gasteiger partial charge in [0.2, 0.25) is 0 Å². The number of aromatic nitrogens is 1. The van der Waals surface area contributed by atoms with Crippen molar-refractivity contribution in [2.75, 3.05) is 0 Å². The lowest BCUT2D eigenvalue weighted by atomic mass is 9.94. The largest absolute Gasteiger partial charge is 0.303 e. The predicted octanol–water partition coefficient (Wildman–Crippen LogP) is 4.27. The van der Waals surface area contributed by atoms with Crippen LogP contribution in [-0.4, -0.2) is 4.98 Å². The summed E-state index contributed by atoms with van der Waals surface area (Å²) in [6, 6.07) is 11.1. The van der Waals surface area contributed by atoms with Gasteiger partial charge >= 0.3 is 0 Å². The number of hydrogen-bond donors (Lipinski definition) is 1. The van der Waals surface area contributed by atoms with Gasteiger partial charge in [-0.25, -0.2) is 4.39 Å². The summed E-state index contributed by atoms with van der Waals surface area (Å²) >= 11 is 0. The Bertz CT molecular complexity index is 522. The van der Waals surface area contributed by atoms with Crippen molar-refractivity contribution >= 4 is 0 Å². The van der Waals surface area contributed by atoms with Gasteiger partial charge < -0.3 is 5.32 Å². The van der Waals surface area contributed by atoms with Crippen LogP contribution in [0.15, 0.2) is 48.8 Å². The Kier molecular flexibility index (Phi) is 4.85. The average molecular weight is 272 g/mol. The van der Waals surface area contributed by atoms with Crippen LogP contribution in [0.3, 0.4) is 0 Å². The predicted molar refractivity (Wildman–Crippen MR) is 79.8 cm³/mol. The molecule has 0 aliphatic carbocycles. The number of pyridine rings is 1. The van der Waals surface area contributed by atoms with E-state index in [0.29, 0.717) is 5.92 Å². The number of nitrogens with one attached hydrogen (secondary N) is 1. The molecule has 3 heteroatoms. The molecule has 0 bridgehead atoms. The summed E-state index contributed by atoms with van der Waals surface area (Å²) in [6.45, 7) is 6.45. The maximum absolute atomic E-state index is 13.0. The minimum atomic E-state index is -0.198. The molecule has 2 unspecified atom stereocenters. The van der Waals surface area contributed by atoms with E-state index in [0.717, 1.165) is 11.1 Å². The van der Waals surface area contributed by atoms with Gasteiger partial charge in [0, 0.05) is 24.5 Å². The number of hydrogen-bond acceptors (Lipinski definition) is 2. The molecular weight excluding hydrogens is 251 g/mol. The Morgan fingerprint density at radius 1 is 1.00 bits per heavy atom. The SMILES string of the molecule is CC(NC(c1ccc(F)cc1)C(C)C)c1cccnc1. The standard InChI is InChI=1S/C17H21FN2/c1-12(2)17(14-6-8-16(18)9-7-14)20-13(3)15-5-4-10-19-11-15/h4-13,17,20H,1-3H3. The maximum atomic E-state index is 13.0. The number of halogens is 1. The van der Waals surface area contributed by atoms with Gasteiger partial charge in [-0.15, -0.1) is 0 Å². The highest BCUT2D eigenvalue weighted by atomic mass is 19.1. The second-order valence-corrected chi connectivity index (χ2v) is 5.45. The molecule has 0 radical (unpaired) electrons. The Morgan fingerprint density at radius 2 is 1.70 bits per heavy atom. The summed E-state index contributed by atoms with van der Waals surface area (Å²) in [6.07, 6.45) is 3.65. The summed E-state index contributed by atoms with van der Waals surface area (Å²) in [5.74, 6) is 0.219. The van der Waals surface area contributed by atoms with Gasteiger partial charge in [-0.1, -0.05) is 32.0 Å². The van der Waals surface area contributed by atoms with Crippen LogP contribution in [0.1, 0.15) is 44.0 Å². The van der Waals surface area contributed by atoms with Crippen LogP contribution in [0.5, 0.6) is 0 Å². The van der Waals surface area contributed by atoms with E-state index in [1.54, 1.807) is 6.20 Å². The van der Waals surface area contributed by atoms with Crippen LogP contribution < -0.4 is 5.32 Å². The third-order valence-corrected chi connectivity index (χ3v) is 3.51. The van der Waals surface area contributed by atoms with Crippen LogP contribution >= 0.6 is 0 Å². The van der Waals surface area contributed by atoms with Crippen molar-refractivity contribution in [1.29, 1.82) is 0 Å². The first kappa shape index (κ1) is 14.7. The van der Waals surface area contributed by atoms with Gasteiger partial charge in [0.15, 0.2) is 0 Å². The minimum Gasteiger partial charge on any atom is -0.303 e. The Hall–Kier alpha value is -1.74. The van der Waals surface area contributed by atoms with Gasteiger partial charge in [-0.05, 0) is 42.2 Å². The first-order valence-corrected chi connectivity index (χ1v) is 6.99. The van der Waals surface area contributed by atoms with Crippen molar-refractivity contribution in [3.8, 4) is 0 Å². The van der Waals surface area contributed by atoms with Crippen molar-refractivity contribution in [3.05, 3.63) is 65.7 Å². The van der Waals surface area contributed by atoms with Gasteiger partial charge in [0.05, 0.1) is 0 Å². The fraction of sp³-hybridized carbons (Fsp3) is 0.353. The molecule has 0 spiro atoms. The first-order chi connectivity index (χ1) is 9.58. The summed E-state index contributed by atoms with van der Waals surface area (Å²) in [7, 11) is 0. The number of benzene rings is 1. The minimum absolute atomic E-state index is 0.186. The smallest absolute Gasteiger partial charge is 0.123 e. The van der Waals surface area contributed by atoms with E-state index in [9.17, 15) is 4.39 Å². The Morgan fingerprint density at radius 3 is 2.25 bits per heavy atom. The lowest BCUT2D eigenvalue weighted by Crippen LogP contribution is -2.28. The van der Waals surface area contributed by atoms with Gasteiger partial charge in [0.1, 0.15) is 5.82 Å². The van der Waals surface area contributed by atoms with Crippen molar-refractivity contribution in [2.45, 2.75) is 32.9 Å². The van der Waals surface area contributed by atoms with E-state index in [2.05, 4.69) is 37.1 Å². The van der Waals surface area contributed by atoms with Crippen molar-refractivity contribution in [2.24, 2.45) is 5.92 Å². The number of nitrogens with zero attached hydrogens (tertiary/aromatic N) is 1. The molecule has 2 aromatic rings. The van der Waals surface area contributed by atoms with E-state index in [1.165, 1.54) is 12.1 Å². The third-order valence-electron chi connectivity index (χ3n) is 3.51. The molecule has 1 N–H and O–H groups in total. The average Bonchev–Trinajstić information content (AvgIpc) is 2.46. The molecule has 2 rings (SSSR count). The molecule has 0 saturated carbocycles. The fourth-order valence-electron chi connectivity index (χ4n) is 2.34. The molecule has 1 heterocycles. The fourth-order valence-corrected chi connectivity index (χ4v) is 2.34. The highest BCUT2D eigenvalue weighted by Crippen LogP contribution is 2.25. The quantitative estimate of drug-likeness (QED) is 0.879. The van der Waals surface area contributed by atoms with Crippen LogP contribution in [-0.2, 0) is 0 Å². The zero-order chi connectivity index (χ0) is 14.5. The molecule has 1 aromatic carbocycles. The van der Waals surface area contributed by atoms with Gasteiger partial charge in [-0.3, -0.25) is 4.98 Å². The highest BCUT2D eigenvalue weighted by Gasteiger charge is 2.18. The molecule has 1 aromatic heterocycles. The molecule has 0 aliphatic heterocycles. The lowest BCUT2D eigenvalue weighted by Gasteiger charge is -2.27. The van der Waals surface area contributed by atoms with Gasteiger partial charge in [0.25, 0.3) is 0 Å². The summed E-state index contributed by atoms with van der Waals surface area (Å²) in [4.78, 5) is 4.15. The molecule has 0 aliphatic rings. The lowest BCUT2D eigenvalue weighted by molar-refractivity contribution is 0.374. The molecular formula is C17H21FN2. The molecule has 0 fully saturated rings. The summed E-state index contributed by atoms with van der Waals surface area (Å²) in [5.41, 5.74) is 2.26. The Balaban J connectivity index is 2.16. The van der Waals surface area contributed by atoms with Crippen LogP contribution in [0.2, 0.25) is 0 Å². The summed E-state index contributed by atoms with van der Waals surface area (Å²) in [5, 5.41) is 3.61. The van der Waals surface area contributed by atoms with E-state index >= 15 is 0 Å². The Labute approximate surface area is 120 Å². The number of rotatable bonds is 5. The van der Waals surface area contributed by atoms with E-state index in [4.69, 9.17) is 0 Å². The summed E-state index contributed by atoms with van der Waals surface area (Å²) < 4.78 is 13.0. The molecule has 0 amide bonds. The van der Waals surface area contributed by atoms with Crippen molar-refractivity contribution < 1.29 is 4.39 Å². The highest BCUT2D eigenvalue weighted by molar-refractivity contribution is 5.22. The molecule has 2 atom stereocenters. The van der Waals surface area contributed by atoms with Crippen LogP contribution in [0.25, 0.3) is 0 Å². The normalized spacial score (nSPS) is 14.2. The van der Waals surface area contributed by atoms with Gasteiger partial charge in [-0.2, -0.15) is 0 Å². The van der Waals surface area contributed by atoms with E-state index < -0.39 is 0 Å². The van der Waals surface area contributed by atoms with E-state index in [1.807, 2.05) is 24.4 Å². The van der Waals surface area contributed by atoms with Crippen LogP contribution in [0, 0.1) is 11.7 Å². The monoisotopic (exact) mass is 272 g/mol. The second kappa shape index (κ2) is 6.62. The second-order valence-electron chi connectivity index (χ2n) is 5.45. The third kappa shape index (κ3) is 3.64.